The number of amides is 2. The molecule has 0 fully saturated rings. The Labute approximate surface area is 175 Å². The Morgan fingerprint density at radius 3 is 1.84 bits per heavy atom. The van der Waals surface area contributed by atoms with Crippen LogP contribution in [0.25, 0.3) is 5.57 Å². The first-order chi connectivity index (χ1) is 14.6. The molecule has 2 aromatic carbocycles. The number of aromatic carboxylic acids is 1. The van der Waals surface area contributed by atoms with Crippen LogP contribution in [0.2, 0.25) is 0 Å². The molecule has 0 bridgehead atoms. The Morgan fingerprint density at radius 1 is 0.774 bits per heavy atom. The molecule has 0 aromatic heterocycles. The number of carbonyl (C=O) groups is 4. The second-order valence-electron chi connectivity index (χ2n) is 6.58. The number of allylic oxidation sites excluding steroid dienone is 4. The molecule has 2 amide bonds. The molecule has 1 aliphatic carbocycles. The average molecular weight is 420 g/mol. The van der Waals surface area contributed by atoms with Crippen molar-refractivity contribution >= 4 is 29.1 Å². The fourth-order valence-corrected chi connectivity index (χ4v) is 3.13. The van der Waals surface area contributed by atoms with Crippen LogP contribution in [0.5, 0.6) is 11.5 Å². The molecule has 0 saturated heterocycles. The molecule has 0 atom stereocenters. The number of primary amides is 2. The molecule has 0 radical (unpaired) electrons. The monoisotopic (exact) mass is 420 g/mol. The van der Waals surface area contributed by atoms with Crippen LogP contribution in [-0.2, 0) is 9.59 Å². The van der Waals surface area contributed by atoms with E-state index in [0.717, 1.165) is 6.08 Å². The standard InChI is InChI=1S/C22H16N2O7/c23-20(28)13-7-10(1-4-16(13)25)19(11-2-5-17(26)14(8-11)21(24)29)12-3-6-18(27)15(9-12)22(30)31/h1-9,25,27H,(H2,23,28)(H2,24,29)(H,30,31). The number of carbonyl (C=O) groups excluding carboxylic acids is 3. The van der Waals surface area contributed by atoms with Crippen LogP contribution in [0.1, 0.15) is 31.8 Å². The fraction of sp³-hybridized carbons (Fsp3) is 0. The summed E-state index contributed by atoms with van der Waals surface area (Å²) in [7, 11) is 0. The molecule has 9 nitrogen and oxygen atoms in total. The quantitative estimate of drug-likeness (QED) is 0.451. The number of ketones is 1. The lowest BCUT2D eigenvalue weighted by molar-refractivity contribution is -0.118. The van der Waals surface area contributed by atoms with Gasteiger partial charge in [0.2, 0.25) is 0 Å². The smallest absolute Gasteiger partial charge is 0.339 e. The molecule has 0 saturated carbocycles. The van der Waals surface area contributed by atoms with E-state index in [1.807, 2.05) is 0 Å². The lowest BCUT2D eigenvalue weighted by Crippen LogP contribution is -2.21. The Balaban J connectivity index is 2.38. The lowest BCUT2D eigenvalue weighted by atomic mass is 9.87. The second kappa shape index (κ2) is 7.99. The zero-order valence-corrected chi connectivity index (χ0v) is 15.8. The van der Waals surface area contributed by atoms with Crippen molar-refractivity contribution in [3.63, 3.8) is 0 Å². The van der Waals surface area contributed by atoms with Crippen LogP contribution in [0.3, 0.4) is 0 Å². The van der Waals surface area contributed by atoms with Crippen molar-refractivity contribution in [3.8, 4) is 11.5 Å². The highest BCUT2D eigenvalue weighted by atomic mass is 16.4. The summed E-state index contributed by atoms with van der Waals surface area (Å²) in [5.74, 6) is -4.66. The number of rotatable bonds is 5. The van der Waals surface area contributed by atoms with E-state index < -0.39 is 29.3 Å². The van der Waals surface area contributed by atoms with Crippen LogP contribution < -0.4 is 11.5 Å². The van der Waals surface area contributed by atoms with E-state index in [1.54, 1.807) is 0 Å². The third-order valence-corrected chi connectivity index (χ3v) is 4.60. The highest BCUT2D eigenvalue weighted by molar-refractivity contribution is 6.24. The van der Waals surface area contributed by atoms with Gasteiger partial charge < -0.3 is 26.8 Å². The number of hydrogen-bond acceptors (Lipinski definition) is 6. The zero-order chi connectivity index (χ0) is 22.9. The van der Waals surface area contributed by atoms with Crippen molar-refractivity contribution in [2.45, 2.75) is 0 Å². The third kappa shape index (κ3) is 4.06. The maximum atomic E-state index is 12.0. The van der Waals surface area contributed by atoms with Gasteiger partial charge in [0.25, 0.3) is 11.8 Å². The van der Waals surface area contributed by atoms with Crippen molar-refractivity contribution in [3.05, 3.63) is 88.0 Å². The summed E-state index contributed by atoms with van der Waals surface area (Å²) < 4.78 is 0. The van der Waals surface area contributed by atoms with Gasteiger partial charge in [-0.25, -0.2) is 4.79 Å². The van der Waals surface area contributed by atoms with E-state index in [-0.39, 0.29) is 28.0 Å². The summed E-state index contributed by atoms with van der Waals surface area (Å²) in [6.07, 6.45) is 3.77. The molecule has 156 valence electrons. The molecule has 31 heavy (non-hydrogen) atoms. The SMILES string of the molecule is NC(=O)C1=CC(=C(c2ccc(O)c(C(N)=O)c2)c2ccc(O)c(C(=O)O)c2)C=CC1=O. The van der Waals surface area contributed by atoms with E-state index in [2.05, 4.69) is 0 Å². The first-order valence-electron chi connectivity index (χ1n) is 8.78. The van der Waals surface area contributed by atoms with Crippen molar-refractivity contribution in [1.82, 2.24) is 0 Å². The molecule has 3 rings (SSSR count). The molecule has 0 aliphatic heterocycles. The molecule has 0 heterocycles. The number of carboxylic acids is 1. The first-order valence-corrected chi connectivity index (χ1v) is 8.78. The number of nitrogens with two attached hydrogens (primary N) is 2. The summed E-state index contributed by atoms with van der Waals surface area (Å²) >= 11 is 0. The molecule has 7 N–H and O–H groups in total. The van der Waals surface area contributed by atoms with Crippen LogP contribution in [0, 0.1) is 0 Å². The molecular formula is C22H16N2O7. The Morgan fingerprint density at radius 2 is 1.32 bits per heavy atom. The summed E-state index contributed by atoms with van der Waals surface area (Å²) in [5, 5.41) is 29.1. The molecular weight excluding hydrogens is 404 g/mol. The molecule has 0 unspecified atom stereocenters. The lowest BCUT2D eigenvalue weighted by Gasteiger charge is -2.16. The predicted octanol–water partition coefficient (Wildman–Crippen LogP) is 1.25. The van der Waals surface area contributed by atoms with Gasteiger partial charge in [0, 0.05) is 0 Å². The van der Waals surface area contributed by atoms with E-state index in [4.69, 9.17) is 11.5 Å². The maximum Gasteiger partial charge on any atom is 0.339 e. The van der Waals surface area contributed by atoms with Gasteiger partial charge in [0.1, 0.15) is 17.1 Å². The van der Waals surface area contributed by atoms with E-state index in [0.29, 0.717) is 16.7 Å². The van der Waals surface area contributed by atoms with Gasteiger partial charge in [-0.05, 0) is 58.7 Å². The molecule has 1 aliphatic rings. The van der Waals surface area contributed by atoms with E-state index in [1.165, 1.54) is 48.6 Å². The van der Waals surface area contributed by atoms with Crippen molar-refractivity contribution in [2.75, 3.05) is 0 Å². The first kappa shape index (κ1) is 21.1. The molecule has 9 heteroatoms. The van der Waals surface area contributed by atoms with Gasteiger partial charge in [-0.15, -0.1) is 0 Å². The largest absolute Gasteiger partial charge is 0.507 e. The van der Waals surface area contributed by atoms with Gasteiger partial charge in [-0.3, -0.25) is 14.4 Å². The van der Waals surface area contributed by atoms with Gasteiger partial charge in [0.05, 0.1) is 11.1 Å². The number of phenols is 2. The predicted molar refractivity (Wildman–Crippen MR) is 109 cm³/mol. The van der Waals surface area contributed by atoms with Crippen LogP contribution >= 0.6 is 0 Å². The van der Waals surface area contributed by atoms with Gasteiger partial charge in [-0.1, -0.05) is 18.2 Å². The minimum Gasteiger partial charge on any atom is -0.507 e. The number of benzene rings is 2. The topological polar surface area (TPSA) is 181 Å². The highest BCUT2D eigenvalue weighted by Gasteiger charge is 2.22. The minimum atomic E-state index is -1.38. The van der Waals surface area contributed by atoms with Crippen molar-refractivity contribution < 1.29 is 34.5 Å². The summed E-state index contributed by atoms with van der Waals surface area (Å²) in [5.41, 5.74) is 10.9. The normalized spacial score (nSPS) is 14.7. The van der Waals surface area contributed by atoms with Crippen LogP contribution in [-0.4, -0.2) is 38.9 Å². The Hall–Kier alpha value is -4.66. The van der Waals surface area contributed by atoms with Crippen molar-refractivity contribution in [2.24, 2.45) is 11.5 Å². The van der Waals surface area contributed by atoms with Gasteiger partial charge in [0.15, 0.2) is 5.78 Å². The zero-order valence-electron chi connectivity index (χ0n) is 15.8. The summed E-state index contributed by atoms with van der Waals surface area (Å²) in [4.78, 5) is 46.8. The summed E-state index contributed by atoms with van der Waals surface area (Å²) in [6.45, 7) is 0. The summed E-state index contributed by atoms with van der Waals surface area (Å²) in [6, 6.07) is 7.74. The molecule has 0 spiro atoms. The maximum absolute atomic E-state index is 12.0. The van der Waals surface area contributed by atoms with Crippen LogP contribution in [0.15, 0.2) is 65.8 Å². The van der Waals surface area contributed by atoms with Gasteiger partial charge >= 0.3 is 5.97 Å². The highest BCUT2D eigenvalue weighted by Crippen LogP contribution is 2.34. The van der Waals surface area contributed by atoms with Crippen molar-refractivity contribution in [1.29, 1.82) is 0 Å². The number of aromatic hydroxyl groups is 2. The number of hydrogen-bond donors (Lipinski definition) is 5. The van der Waals surface area contributed by atoms with Gasteiger partial charge in [-0.2, -0.15) is 0 Å². The average Bonchev–Trinajstić information content (AvgIpc) is 2.71. The number of carboxylic acid groups (broad SMARTS) is 1. The third-order valence-electron chi connectivity index (χ3n) is 4.60. The van der Waals surface area contributed by atoms with Crippen LogP contribution in [0.4, 0.5) is 0 Å². The Bertz CT molecular complexity index is 1190. The Kier molecular flexibility index (Phi) is 5.43. The van der Waals surface area contributed by atoms with E-state index >= 15 is 0 Å². The van der Waals surface area contributed by atoms with E-state index in [9.17, 15) is 34.5 Å². The molecule has 2 aromatic rings. The second-order valence-corrected chi connectivity index (χ2v) is 6.58. The fourth-order valence-electron chi connectivity index (χ4n) is 3.13. The minimum absolute atomic E-state index is 0.192.